The minimum absolute atomic E-state index is 0.0143. The van der Waals surface area contributed by atoms with Crippen molar-refractivity contribution in [2.24, 2.45) is 0 Å². The van der Waals surface area contributed by atoms with E-state index in [9.17, 15) is 8.42 Å². The third-order valence-electron chi connectivity index (χ3n) is 3.43. The van der Waals surface area contributed by atoms with Gasteiger partial charge in [-0.2, -0.15) is 0 Å². The molecular formula is C13H19NO4S. The van der Waals surface area contributed by atoms with Crippen molar-refractivity contribution in [3.63, 3.8) is 0 Å². The molecule has 5 nitrogen and oxygen atoms in total. The first kappa shape index (κ1) is 14.1. The molecule has 0 saturated carbocycles. The molecule has 1 aliphatic heterocycles. The number of rotatable bonds is 4. The third kappa shape index (κ3) is 3.01. The van der Waals surface area contributed by atoms with Crippen LogP contribution in [0.4, 0.5) is 5.69 Å². The number of hydrogen-bond donors (Lipinski definition) is 1. The van der Waals surface area contributed by atoms with E-state index in [0.29, 0.717) is 30.0 Å². The zero-order valence-electron chi connectivity index (χ0n) is 11.1. The van der Waals surface area contributed by atoms with Crippen LogP contribution in [0.2, 0.25) is 0 Å². The topological polar surface area (TPSA) is 78.6 Å². The summed E-state index contributed by atoms with van der Waals surface area (Å²) in [6.07, 6.45) is 0.329. The Morgan fingerprint density at radius 1 is 1.47 bits per heavy atom. The lowest BCUT2D eigenvalue weighted by molar-refractivity contribution is 0.126. The maximum Gasteiger partial charge on any atom is 0.159 e. The Bertz CT molecular complexity index is 556. The highest BCUT2D eigenvalue weighted by atomic mass is 32.2. The minimum Gasteiger partial charge on any atom is -0.495 e. The van der Waals surface area contributed by atoms with Gasteiger partial charge in [0.05, 0.1) is 29.9 Å². The molecule has 1 aromatic rings. The van der Waals surface area contributed by atoms with Crippen LogP contribution in [-0.4, -0.2) is 33.5 Å². The second kappa shape index (κ2) is 5.38. The molecule has 0 spiro atoms. The molecule has 19 heavy (non-hydrogen) atoms. The van der Waals surface area contributed by atoms with Crippen molar-refractivity contribution in [2.45, 2.75) is 30.5 Å². The molecule has 0 radical (unpaired) electrons. The molecule has 6 heteroatoms. The number of nitrogens with two attached hydrogens (primary N) is 1. The average Bonchev–Trinajstić information content (AvgIpc) is 2.76. The monoisotopic (exact) mass is 285 g/mol. The van der Waals surface area contributed by atoms with Crippen LogP contribution in [0.1, 0.15) is 18.9 Å². The maximum absolute atomic E-state index is 12.3. The van der Waals surface area contributed by atoms with E-state index in [-0.39, 0.29) is 11.9 Å². The molecular weight excluding hydrogens is 266 g/mol. The first-order valence-corrected chi connectivity index (χ1v) is 7.91. The standard InChI is InChI=1S/C13H19NO4S/c1-9-13(5-6-18-9)19(15,16)8-10-3-4-12(17-2)11(14)7-10/h3-4,7,9,13H,5-6,8,14H2,1-2H3. The van der Waals surface area contributed by atoms with Crippen molar-refractivity contribution in [3.8, 4) is 5.75 Å². The first-order valence-electron chi connectivity index (χ1n) is 6.19. The van der Waals surface area contributed by atoms with E-state index in [2.05, 4.69) is 0 Å². The van der Waals surface area contributed by atoms with Gasteiger partial charge in [-0.3, -0.25) is 0 Å². The summed E-state index contributed by atoms with van der Waals surface area (Å²) in [5, 5.41) is -0.421. The largest absolute Gasteiger partial charge is 0.495 e. The van der Waals surface area contributed by atoms with Gasteiger partial charge in [-0.15, -0.1) is 0 Å². The van der Waals surface area contributed by atoms with Gasteiger partial charge in [0.2, 0.25) is 0 Å². The minimum atomic E-state index is -3.22. The van der Waals surface area contributed by atoms with Crippen LogP contribution in [-0.2, 0) is 20.3 Å². The van der Waals surface area contributed by atoms with Gasteiger partial charge in [0, 0.05) is 6.61 Å². The van der Waals surface area contributed by atoms with E-state index in [1.165, 1.54) is 7.11 Å². The van der Waals surface area contributed by atoms with Gasteiger partial charge in [0.1, 0.15) is 5.75 Å². The Balaban J connectivity index is 2.18. The zero-order valence-corrected chi connectivity index (χ0v) is 11.9. The van der Waals surface area contributed by atoms with Crippen LogP contribution in [0.3, 0.4) is 0 Å². The van der Waals surface area contributed by atoms with Gasteiger partial charge in [-0.25, -0.2) is 8.42 Å². The van der Waals surface area contributed by atoms with E-state index in [4.69, 9.17) is 15.2 Å². The fourth-order valence-electron chi connectivity index (χ4n) is 2.40. The Morgan fingerprint density at radius 2 is 2.21 bits per heavy atom. The van der Waals surface area contributed by atoms with E-state index in [0.717, 1.165) is 0 Å². The van der Waals surface area contributed by atoms with Gasteiger partial charge >= 0.3 is 0 Å². The Hall–Kier alpha value is -1.27. The normalized spacial score (nSPS) is 23.5. The molecule has 1 heterocycles. The summed E-state index contributed by atoms with van der Waals surface area (Å²) >= 11 is 0. The van der Waals surface area contributed by atoms with Gasteiger partial charge in [0.25, 0.3) is 0 Å². The molecule has 1 aliphatic rings. The van der Waals surface area contributed by atoms with E-state index >= 15 is 0 Å². The predicted octanol–water partition coefficient (Wildman–Crippen LogP) is 1.37. The number of benzene rings is 1. The summed E-state index contributed by atoms with van der Waals surface area (Å²) in [6.45, 7) is 2.31. The van der Waals surface area contributed by atoms with Crippen LogP contribution in [0, 0.1) is 0 Å². The lowest BCUT2D eigenvalue weighted by atomic mass is 10.2. The van der Waals surface area contributed by atoms with E-state index in [1.807, 2.05) is 0 Å². The van der Waals surface area contributed by atoms with Gasteiger partial charge in [-0.05, 0) is 31.0 Å². The summed E-state index contributed by atoms with van der Waals surface area (Å²) in [5.74, 6) is 0.540. The average molecular weight is 285 g/mol. The predicted molar refractivity (Wildman–Crippen MR) is 73.8 cm³/mol. The number of nitrogen functional groups attached to an aromatic ring is 1. The quantitative estimate of drug-likeness (QED) is 0.845. The number of ether oxygens (including phenoxy) is 2. The van der Waals surface area contributed by atoms with Crippen molar-refractivity contribution < 1.29 is 17.9 Å². The molecule has 2 atom stereocenters. The van der Waals surface area contributed by atoms with Gasteiger partial charge in [0.15, 0.2) is 9.84 Å². The van der Waals surface area contributed by atoms with Gasteiger partial charge < -0.3 is 15.2 Å². The summed E-state index contributed by atoms with van der Waals surface area (Å²) in [6, 6.07) is 5.07. The van der Waals surface area contributed by atoms with Crippen molar-refractivity contribution >= 4 is 15.5 Å². The summed E-state index contributed by atoms with van der Waals surface area (Å²) < 4.78 is 35.0. The fourth-order valence-corrected chi connectivity index (χ4v) is 4.37. The highest BCUT2D eigenvalue weighted by molar-refractivity contribution is 7.91. The van der Waals surface area contributed by atoms with Crippen LogP contribution in [0.25, 0.3) is 0 Å². The highest BCUT2D eigenvalue weighted by Crippen LogP contribution is 2.27. The van der Waals surface area contributed by atoms with Crippen LogP contribution in [0.15, 0.2) is 18.2 Å². The highest BCUT2D eigenvalue weighted by Gasteiger charge is 2.35. The summed E-state index contributed by atoms with van der Waals surface area (Å²) in [4.78, 5) is 0. The second-order valence-corrected chi connectivity index (χ2v) is 7.01. The maximum atomic E-state index is 12.3. The molecule has 2 N–H and O–H groups in total. The second-order valence-electron chi connectivity index (χ2n) is 4.79. The lowest BCUT2D eigenvalue weighted by Crippen LogP contribution is -2.29. The van der Waals surface area contributed by atoms with Crippen molar-refractivity contribution in [1.29, 1.82) is 0 Å². The third-order valence-corrected chi connectivity index (χ3v) is 5.71. The number of hydrogen-bond acceptors (Lipinski definition) is 5. The molecule has 0 aliphatic carbocycles. The van der Waals surface area contributed by atoms with Crippen molar-refractivity contribution in [2.75, 3.05) is 19.5 Å². The number of sulfone groups is 1. The molecule has 0 aromatic heterocycles. The number of anilines is 1. The van der Waals surface area contributed by atoms with Crippen LogP contribution in [0.5, 0.6) is 5.75 Å². The molecule has 1 aromatic carbocycles. The Labute approximate surface area is 113 Å². The van der Waals surface area contributed by atoms with Crippen LogP contribution < -0.4 is 10.5 Å². The Morgan fingerprint density at radius 3 is 2.74 bits per heavy atom. The first-order chi connectivity index (χ1) is 8.94. The van der Waals surface area contributed by atoms with Gasteiger partial charge in [-0.1, -0.05) is 6.07 Å². The Kier molecular flexibility index (Phi) is 4.01. The molecule has 0 amide bonds. The summed E-state index contributed by atoms with van der Waals surface area (Å²) in [5.41, 5.74) is 6.92. The molecule has 2 unspecified atom stereocenters. The SMILES string of the molecule is COc1ccc(CS(=O)(=O)C2CCOC2C)cc1N. The van der Waals surface area contributed by atoms with E-state index < -0.39 is 15.1 Å². The van der Waals surface area contributed by atoms with Crippen molar-refractivity contribution in [1.82, 2.24) is 0 Å². The summed E-state index contributed by atoms with van der Waals surface area (Å²) in [7, 11) is -1.69. The zero-order chi connectivity index (χ0) is 14.0. The molecule has 0 bridgehead atoms. The molecule has 1 saturated heterocycles. The molecule has 106 valence electrons. The lowest BCUT2D eigenvalue weighted by Gasteiger charge is -2.15. The molecule has 2 rings (SSSR count). The van der Waals surface area contributed by atoms with Crippen molar-refractivity contribution in [3.05, 3.63) is 23.8 Å². The fraction of sp³-hybridized carbons (Fsp3) is 0.538. The smallest absolute Gasteiger partial charge is 0.159 e. The number of methoxy groups -OCH3 is 1. The van der Waals surface area contributed by atoms with Crippen LogP contribution >= 0.6 is 0 Å². The molecule has 1 fully saturated rings. The van der Waals surface area contributed by atoms with E-state index in [1.54, 1.807) is 25.1 Å².